The van der Waals surface area contributed by atoms with Gasteiger partial charge in [-0.3, -0.25) is 0 Å². The number of hydrogen-bond donors (Lipinski definition) is 0. The molecule has 0 saturated heterocycles. The molecule has 0 atom stereocenters. The fourth-order valence-electron chi connectivity index (χ4n) is 0.817. The van der Waals surface area contributed by atoms with Gasteiger partial charge in [0.1, 0.15) is 0 Å². The molecule has 0 saturated carbocycles. The highest BCUT2D eigenvalue weighted by Crippen LogP contribution is 2.05. The van der Waals surface area contributed by atoms with Crippen molar-refractivity contribution in [2.75, 3.05) is 0 Å². The number of nitriles is 1. The van der Waals surface area contributed by atoms with Crippen molar-refractivity contribution in [3.8, 4) is 6.07 Å². The van der Waals surface area contributed by atoms with Crippen LogP contribution in [-0.4, -0.2) is 0 Å². The first-order valence-corrected chi connectivity index (χ1v) is 4.70. The van der Waals surface area contributed by atoms with E-state index in [4.69, 9.17) is 5.26 Å². The zero-order valence-corrected chi connectivity index (χ0v) is 8.51. The number of unbranched alkanes of at least 4 members (excludes halogenated alkanes) is 1. The van der Waals surface area contributed by atoms with Gasteiger partial charge in [-0.25, -0.2) is 0 Å². The largest absolute Gasteiger partial charge is 0.192 e. The maximum atomic E-state index is 8.76. The summed E-state index contributed by atoms with van der Waals surface area (Å²) in [5.74, 6) is 0. The summed E-state index contributed by atoms with van der Waals surface area (Å²) in [7, 11) is 0. The number of allylic oxidation sites excluding steroid dienone is 5. The van der Waals surface area contributed by atoms with Crippen LogP contribution in [0, 0.1) is 11.3 Å². The summed E-state index contributed by atoms with van der Waals surface area (Å²) in [4.78, 5) is 0. The molecule has 0 aliphatic carbocycles. The summed E-state index contributed by atoms with van der Waals surface area (Å²) in [5.41, 5.74) is 1.69. The van der Waals surface area contributed by atoms with E-state index in [1.54, 1.807) is 0 Å². The Morgan fingerprint density at radius 1 is 1.46 bits per heavy atom. The van der Waals surface area contributed by atoms with E-state index in [2.05, 4.69) is 19.6 Å². The molecule has 0 aliphatic heterocycles. The van der Waals surface area contributed by atoms with Crippen LogP contribution in [0.3, 0.4) is 0 Å². The number of nitrogens with zero attached hydrogens (tertiary/aromatic N) is 1. The van der Waals surface area contributed by atoms with E-state index >= 15 is 0 Å². The molecule has 0 heterocycles. The van der Waals surface area contributed by atoms with Crippen molar-refractivity contribution in [1.29, 1.82) is 5.26 Å². The van der Waals surface area contributed by atoms with Crippen LogP contribution in [0.25, 0.3) is 0 Å². The van der Waals surface area contributed by atoms with E-state index in [-0.39, 0.29) is 0 Å². The molecule has 0 amide bonds. The van der Waals surface area contributed by atoms with Gasteiger partial charge in [0, 0.05) is 0 Å². The summed E-state index contributed by atoms with van der Waals surface area (Å²) in [5, 5.41) is 8.76. The van der Waals surface area contributed by atoms with E-state index in [1.165, 1.54) is 0 Å². The van der Waals surface area contributed by atoms with Crippen LogP contribution in [0.4, 0.5) is 0 Å². The van der Waals surface area contributed by atoms with Crippen LogP contribution in [-0.2, 0) is 0 Å². The molecule has 0 aliphatic rings. The molecule has 1 nitrogen and oxygen atoms in total. The lowest BCUT2D eigenvalue weighted by molar-refractivity contribution is 0.958. The summed E-state index contributed by atoms with van der Waals surface area (Å²) in [6.07, 6.45) is 8.77. The number of rotatable bonds is 5. The Morgan fingerprint density at radius 2 is 2.15 bits per heavy atom. The predicted molar refractivity (Wildman–Crippen MR) is 57.2 cm³/mol. The van der Waals surface area contributed by atoms with Crippen molar-refractivity contribution in [3.63, 3.8) is 0 Å². The molecule has 0 radical (unpaired) electrons. The van der Waals surface area contributed by atoms with E-state index in [0.717, 1.165) is 24.8 Å². The molecule has 0 spiro atoms. The highest BCUT2D eigenvalue weighted by Gasteiger charge is 1.89. The first-order chi connectivity index (χ1) is 6.24. The Hall–Kier alpha value is -1.29. The maximum absolute atomic E-state index is 8.76. The fraction of sp³-hybridized carbons (Fsp3) is 0.417. The highest BCUT2D eigenvalue weighted by molar-refractivity contribution is 5.38. The first-order valence-electron chi connectivity index (χ1n) is 4.70. The normalized spacial score (nSPS) is 11.6. The minimum absolute atomic E-state index is 0.695. The van der Waals surface area contributed by atoms with Gasteiger partial charge in [0.25, 0.3) is 0 Å². The molecule has 0 unspecified atom stereocenters. The quantitative estimate of drug-likeness (QED) is 0.461. The van der Waals surface area contributed by atoms with E-state index in [1.807, 2.05) is 25.2 Å². The molecule has 13 heavy (non-hydrogen) atoms. The third-order valence-corrected chi connectivity index (χ3v) is 1.70. The predicted octanol–water partition coefficient (Wildman–Crippen LogP) is 3.76. The van der Waals surface area contributed by atoms with E-state index < -0.39 is 0 Å². The van der Waals surface area contributed by atoms with Crippen LogP contribution in [0.5, 0.6) is 0 Å². The zero-order chi connectivity index (χ0) is 10.1. The molecule has 0 bridgehead atoms. The van der Waals surface area contributed by atoms with Gasteiger partial charge in [-0.1, -0.05) is 38.5 Å². The third kappa shape index (κ3) is 5.93. The summed E-state index contributed by atoms with van der Waals surface area (Å²) >= 11 is 0. The number of hydrogen-bond acceptors (Lipinski definition) is 1. The van der Waals surface area contributed by atoms with Crippen molar-refractivity contribution in [2.24, 2.45) is 0 Å². The maximum Gasteiger partial charge on any atom is 0.0991 e. The van der Waals surface area contributed by atoms with Gasteiger partial charge >= 0.3 is 0 Å². The summed E-state index contributed by atoms with van der Waals surface area (Å²) in [6.45, 7) is 7.98. The molecule has 0 rings (SSSR count). The van der Waals surface area contributed by atoms with Gasteiger partial charge in [0.05, 0.1) is 11.6 Å². The van der Waals surface area contributed by atoms with Gasteiger partial charge < -0.3 is 0 Å². The molecule has 0 fully saturated rings. The Bertz CT molecular complexity index is 251. The van der Waals surface area contributed by atoms with Crippen molar-refractivity contribution in [3.05, 3.63) is 36.0 Å². The van der Waals surface area contributed by atoms with Crippen LogP contribution in [0.2, 0.25) is 0 Å². The average Bonchev–Trinajstić information content (AvgIpc) is 2.16. The van der Waals surface area contributed by atoms with Crippen LogP contribution < -0.4 is 0 Å². The zero-order valence-electron chi connectivity index (χ0n) is 8.51. The Morgan fingerprint density at radius 3 is 2.62 bits per heavy atom. The van der Waals surface area contributed by atoms with Gasteiger partial charge in [-0.05, 0) is 25.0 Å². The lowest BCUT2D eigenvalue weighted by Gasteiger charge is -1.92. The second-order valence-corrected chi connectivity index (χ2v) is 2.91. The molecular weight excluding hydrogens is 158 g/mol. The van der Waals surface area contributed by atoms with Crippen molar-refractivity contribution >= 4 is 0 Å². The molecule has 0 aromatic heterocycles. The third-order valence-electron chi connectivity index (χ3n) is 1.70. The van der Waals surface area contributed by atoms with Gasteiger partial charge in [-0.15, -0.1) is 0 Å². The smallest absolute Gasteiger partial charge is 0.0991 e. The molecule has 0 aromatic carbocycles. The van der Waals surface area contributed by atoms with Crippen molar-refractivity contribution in [2.45, 2.75) is 33.1 Å². The summed E-state index contributed by atoms with van der Waals surface area (Å²) < 4.78 is 0. The standard InChI is InChI=1S/C12H17N/c1-4-6-7-8-12(10-13)9-11(3)5-2/h7-9H,3-6H2,1-2H3/b8-7-,12-9+. The Kier molecular flexibility index (Phi) is 6.63. The molecule has 1 heteroatoms. The Labute approximate surface area is 81.1 Å². The SMILES string of the molecule is C=C(/C=C(C#N)\C=C/CCC)CC. The van der Waals surface area contributed by atoms with Gasteiger partial charge in [0.2, 0.25) is 0 Å². The second-order valence-electron chi connectivity index (χ2n) is 2.91. The van der Waals surface area contributed by atoms with Crippen LogP contribution in [0.1, 0.15) is 33.1 Å². The van der Waals surface area contributed by atoms with E-state index in [0.29, 0.717) is 5.57 Å². The Balaban J connectivity index is 4.27. The monoisotopic (exact) mass is 175 g/mol. The summed E-state index contributed by atoms with van der Waals surface area (Å²) in [6, 6.07) is 2.14. The second kappa shape index (κ2) is 7.36. The van der Waals surface area contributed by atoms with Gasteiger partial charge in [-0.2, -0.15) is 5.26 Å². The molecular formula is C12H17N. The fourth-order valence-corrected chi connectivity index (χ4v) is 0.817. The van der Waals surface area contributed by atoms with Crippen LogP contribution in [0.15, 0.2) is 36.0 Å². The average molecular weight is 175 g/mol. The highest BCUT2D eigenvalue weighted by atomic mass is 14.2. The lowest BCUT2D eigenvalue weighted by Crippen LogP contribution is -1.76. The topological polar surface area (TPSA) is 23.8 Å². The lowest BCUT2D eigenvalue weighted by atomic mass is 10.1. The van der Waals surface area contributed by atoms with Crippen LogP contribution >= 0.6 is 0 Å². The first kappa shape index (κ1) is 11.7. The minimum Gasteiger partial charge on any atom is -0.192 e. The van der Waals surface area contributed by atoms with Crippen molar-refractivity contribution < 1.29 is 0 Å². The molecule has 0 N–H and O–H groups in total. The molecule has 0 aromatic rings. The van der Waals surface area contributed by atoms with E-state index in [9.17, 15) is 0 Å². The van der Waals surface area contributed by atoms with Gasteiger partial charge in [0.15, 0.2) is 0 Å². The van der Waals surface area contributed by atoms with Crippen molar-refractivity contribution in [1.82, 2.24) is 0 Å². The molecule has 70 valence electrons. The minimum atomic E-state index is 0.695.